The highest BCUT2D eigenvalue weighted by molar-refractivity contribution is 5.80. The summed E-state index contributed by atoms with van der Waals surface area (Å²) in [6.07, 6.45) is 0.239. The molecule has 0 saturated carbocycles. The first kappa shape index (κ1) is 10.5. The third-order valence-corrected chi connectivity index (χ3v) is 2.39. The standard InChI is InChI=1S/C10H18O3/c1-6-10(5)7(11)12-8(13-10)9(2,3)4/h8H,6H2,1-5H3/t8-,10-/m1/s1. The zero-order valence-electron chi connectivity index (χ0n) is 9.01. The van der Waals surface area contributed by atoms with Crippen molar-refractivity contribution in [3.05, 3.63) is 0 Å². The van der Waals surface area contributed by atoms with E-state index in [-0.39, 0.29) is 11.4 Å². The van der Waals surface area contributed by atoms with Crippen LogP contribution in [0.3, 0.4) is 0 Å². The van der Waals surface area contributed by atoms with E-state index >= 15 is 0 Å². The van der Waals surface area contributed by atoms with Crippen molar-refractivity contribution in [3.63, 3.8) is 0 Å². The molecule has 3 nitrogen and oxygen atoms in total. The van der Waals surface area contributed by atoms with Gasteiger partial charge in [-0.2, -0.15) is 0 Å². The Labute approximate surface area is 79.4 Å². The molecule has 1 saturated heterocycles. The third kappa shape index (κ3) is 1.85. The van der Waals surface area contributed by atoms with E-state index in [2.05, 4.69) is 0 Å². The van der Waals surface area contributed by atoms with Gasteiger partial charge >= 0.3 is 5.97 Å². The highest BCUT2D eigenvalue weighted by Crippen LogP contribution is 2.35. The predicted molar refractivity (Wildman–Crippen MR) is 49.1 cm³/mol. The molecule has 0 aromatic rings. The third-order valence-electron chi connectivity index (χ3n) is 2.39. The van der Waals surface area contributed by atoms with Crippen LogP contribution in [0.2, 0.25) is 0 Å². The van der Waals surface area contributed by atoms with Crippen LogP contribution < -0.4 is 0 Å². The number of carbonyl (C=O) groups is 1. The van der Waals surface area contributed by atoms with Crippen LogP contribution in [-0.2, 0) is 14.3 Å². The van der Waals surface area contributed by atoms with E-state index in [9.17, 15) is 4.79 Å². The van der Waals surface area contributed by atoms with Crippen molar-refractivity contribution < 1.29 is 14.3 Å². The summed E-state index contributed by atoms with van der Waals surface area (Å²) in [5, 5.41) is 0. The van der Waals surface area contributed by atoms with Crippen molar-refractivity contribution >= 4 is 5.97 Å². The van der Waals surface area contributed by atoms with Gasteiger partial charge in [-0.15, -0.1) is 0 Å². The highest BCUT2D eigenvalue weighted by Gasteiger charge is 2.49. The molecule has 1 aliphatic rings. The van der Waals surface area contributed by atoms with Crippen LogP contribution in [0.15, 0.2) is 0 Å². The summed E-state index contributed by atoms with van der Waals surface area (Å²) in [5.74, 6) is -0.241. The Morgan fingerprint density at radius 2 is 2.00 bits per heavy atom. The summed E-state index contributed by atoms with van der Waals surface area (Å²) in [6.45, 7) is 9.68. The van der Waals surface area contributed by atoms with Crippen LogP contribution in [0.1, 0.15) is 41.0 Å². The van der Waals surface area contributed by atoms with Gasteiger partial charge in [-0.1, -0.05) is 27.7 Å². The first-order valence-corrected chi connectivity index (χ1v) is 4.68. The second-order valence-electron chi connectivity index (χ2n) is 4.81. The maximum atomic E-state index is 11.4. The van der Waals surface area contributed by atoms with E-state index in [0.29, 0.717) is 6.42 Å². The van der Waals surface area contributed by atoms with Crippen LogP contribution >= 0.6 is 0 Å². The SMILES string of the molecule is CC[C@@]1(C)O[C@H](C(C)(C)C)OC1=O. The van der Waals surface area contributed by atoms with E-state index in [0.717, 1.165) is 0 Å². The number of ether oxygens (including phenoxy) is 2. The molecule has 0 amide bonds. The molecule has 2 atom stereocenters. The molecule has 0 spiro atoms. The molecule has 0 N–H and O–H groups in total. The molecule has 0 bridgehead atoms. The van der Waals surface area contributed by atoms with Gasteiger partial charge in [-0.25, -0.2) is 4.79 Å². The molecule has 13 heavy (non-hydrogen) atoms. The lowest BCUT2D eigenvalue weighted by Crippen LogP contribution is -2.33. The Hall–Kier alpha value is -0.570. The van der Waals surface area contributed by atoms with Crippen LogP contribution in [0.4, 0.5) is 0 Å². The summed E-state index contributed by atoms with van der Waals surface area (Å²) in [4.78, 5) is 11.4. The minimum atomic E-state index is -0.738. The number of rotatable bonds is 1. The average Bonchev–Trinajstić information content (AvgIpc) is 2.29. The lowest BCUT2D eigenvalue weighted by Gasteiger charge is -2.25. The van der Waals surface area contributed by atoms with Crippen molar-refractivity contribution in [2.45, 2.75) is 52.9 Å². The normalized spacial score (nSPS) is 34.8. The molecule has 1 aliphatic heterocycles. The Morgan fingerprint density at radius 1 is 1.46 bits per heavy atom. The summed E-state index contributed by atoms with van der Waals surface area (Å²) >= 11 is 0. The molecule has 0 aromatic carbocycles. The zero-order chi connectivity index (χ0) is 10.3. The maximum absolute atomic E-state index is 11.4. The molecule has 1 heterocycles. The molecule has 0 unspecified atom stereocenters. The summed E-state index contributed by atoms with van der Waals surface area (Å²) in [7, 11) is 0. The molecule has 3 heteroatoms. The van der Waals surface area contributed by atoms with Crippen LogP contribution in [0.25, 0.3) is 0 Å². The van der Waals surface area contributed by atoms with Crippen molar-refractivity contribution in [3.8, 4) is 0 Å². The number of hydrogen-bond donors (Lipinski definition) is 0. The van der Waals surface area contributed by atoms with E-state index < -0.39 is 11.9 Å². The van der Waals surface area contributed by atoms with Gasteiger partial charge in [0.05, 0.1) is 0 Å². The lowest BCUT2D eigenvalue weighted by molar-refractivity contribution is -0.155. The smallest absolute Gasteiger partial charge is 0.340 e. The second-order valence-corrected chi connectivity index (χ2v) is 4.81. The highest BCUT2D eigenvalue weighted by atomic mass is 16.8. The van der Waals surface area contributed by atoms with Crippen LogP contribution in [0.5, 0.6) is 0 Å². The quantitative estimate of drug-likeness (QED) is 0.588. The van der Waals surface area contributed by atoms with E-state index in [4.69, 9.17) is 9.47 Å². The Bertz CT molecular complexity index is 217. The van der Waals surface area contributed by atoms with Crippen molar-refractivity contribution in [2.24, 2.45) is 5.41 Å². The zero-order valence-corrected chi connectivity index (χ0v) is 9.01. The minimum absolute atomic E-state index is 0.150. The monoisotopic (exact) mass is 186 g/mol. The van der Waals surface area contributed by atoms with Crippen LogP contribution in [-0.4, -0.2) is 17.9 Å². The summed E-state index contributed by atoms with van der Waals surface area (Å²) in [6, 6.07) is 0. The predicted octanol–water partition coefficient (Wildman–Crippen LogP) is 2.10. The molecular weight excluding hydrogens is 168 g/mol. The van der Waals surface area contributed by atoms with Crippen molar-refractivity contribution in [1.82, 2.24) is 0 Å². The topological polar surface area (TPSA) is 35.5 Å². The van der Waals surface area contributed by atoms with Gasteiger partial charge in [0, 0.05) is 5.41 Å². The molecule has 0 aromatic heterocycles. The number of carbonyl (C=O) groups excluding carboxylic acids is 1. The first-order valence-electron chi connectivity index (χ1n) is 4.68. The molecule has 0 radical (unpaired) electrons. The first-order chi connectivity index (χ1) is 5.79. The second kappa shape index (κ2) is 2.98. The maximum Gasteiger partial charge on any atom is 0.340 e. The summed E-state index contributed by atoms with van der Waals surface area (Å²) < 4.78 is 10.8. The van der Waals surface area contributed by atoms with Crippen molar-refractivity contribution in [2.75, 3.05) is 0 Å². The van der Waals surface area contributed by atoms with Gasteiger partial charge in [0.15, 0.2) is 5.60 Å². The van der Waals surface area contributed by atoms with Crippen LogP contribution in [0, 0.1) is 5.41 Å². The fourth-order valence-electron chi connectivity index (χ4n) is 1.11. The molecular formula is C10H18O3. The van der Waals surface area contributed by atoms with E-state index in [1.165, 1.54) is 0 Å². The summed E-state index contributed by atoms with van der Waals surface area (Å²) in [5.41, 5.74) is -0.888. The Balaban J connectivity index is 2.77. The number of hydrogen-bond acceptors (Lipinski definition) is 3. The molecule has 76 valence electrons. The van der Waals surface area contributed by atoms with Gasteiger partial charge in [0.25, 0.3) is 0 Å². The van der Waals surface area contributed by atoms with E-state index in [1.807, 2.05) is 27.7 Å². The van der Waals surface area contributed by atoms with Crippen molar-refractivity contribution in [1.29, 1.82) is 0 Å². The molecule has 1 fully saturated rings. The van der Waals surface area contributed by atoms with Gasteiger partial charge < -0.3 is 9.47 Å². The van der Waals surface area contributed by atoms with Gasteiger partial charge in [0.1, 0.15) is 0 Å². The number of cyclic esters (lactones) is 1. The van der Waals surface area contributed by atoms with Gasteiger partial charge in [-0.3, -0.25) is 0 Å². The largest absolute Gasteiger partial charge is 0.433 e. The molecule has 0 aliphatic carbocycles. The number of esters is 1. The Morgan fingerprint density at radius 3 is 2.23 bits per heavy atom. The minimum Gasteiger partial charge on any atom is -0.433 e. The fourth-order valence-corrected chi connectivity index (χ4v) is 1.11. The lowest BCUT2D eigenvalue weighted by atomic mass is 9.96. The van der Waals surface area contributed by atoms with Gasteiger partial charge in [-0.05, 0) is 13.3 Å². The van der Waals surface area contributed by atoms with E-state index in [1.54, 1.807) is 6.92 Å². The average molecular weight is 186 g/mol. The molecule has 1 rings (SSSR count). The van der Waals surface area contributed by atoms with Gasteiger partial charge in [0.2, 0.25) is 6.29 Å². The fraction of sp³-hybridized carbons (Fsp3) is 0.900. The Kier molecular flexibility index (Phi) is 2.41.